The number of carbonyl (C=O) groups excluding carboxylic acids is 1. The Hall–Kier alpha value is -0.930. The molecule has 0 saturated carbocycles. The predicted molar refractivity (Wildman–Crippen MR) is 117 cm³/mol. The van der Waals surface area contributed by atoms with Crippen molar-refractivity contribution in [1.29, 1.82) is 0 Å². The maximum absolute atomic E-state index is 12.9. The Labute approximate surface area is 186 Å². The summed E-state index contributed by atoms with van der Waals surface area (Å²) in [6.45, 7) is 11.4. The van der Waals surface area contributed by atoms with Gasteiger partial charge in [0.25, 0.3) is 0 Å². The molecule has 0 aromatic carbocycles. The predicted octanol–water partition coefficient (Wildman–Crippen LogP) is 1.75. The molecule has 8 heteroatoms. The van der Waals surface area contributed by atoms with Gasteiger partial charge in [-0.25, -0.2) is 4.79 Å². The highest BCUT2D eigenvalue weighted by Gasteiger charge is 2.53. The zero-order valence-electron chi connectivity index (χ0n) is 19.5. The number of nitrogens with zero attached hydrogens (tertiary/aromatic N) is 2. The van der Waals surface area contributed by atoms with Crippen molar-refractivity contribution >= 4 is 6.09 Å². The second kappa shape index (κ2) is 9.14. The van der Waals surface area contributed by atoms with Gasteiger partial charge in [-0.3, -0.25) is 9.80 Å². The van der Waals surface area contributed by atoms with E-state index in [4.69, 9.17) is 14.2 Å². The Morgan fingerprint density at radius 3 is 2.81 bits per heavy atom. The Bertz CT molecular complexity index is 637. The largest absolute Gasteiger partial charge is 0.444 e. The molecule has 0 aromatic heterocycles. The first-order chi connectivity index (χ1) is 14.8. The number of nitrogens with one attached hydrogen (secondary N) is 1. The first kappa shape index (κ1) is 23.2. The van der Waals surface area contributed by atoms with E-state index in [2.05, 4.69) is 10.2 Å². The van der Waals surface area contributed by atoms with Crippen LogP contribution in [0.5, 0.6) is 0 Å². The van der Waals surface area contributed by atoms with Crippen LogP contribution in [0.15, 0.2) is 0 Å². The Kier molecular flexibility index (Phi) is 6.85. The maximum atomic E-state index is 12.9. The maximum Gasteiger partial charge on any atom is 0.411 e. The molecule has 1 amide bonds. The van der Waals surface area contributed by atoms with Crippen LogP contribution in [0.3, 0.4) is 0 Å². The quantitative estimate of drug-likeness (QED) is 0.558. The van der Waals surface area contributed by atoms with Gasteiger partial charge in [0.2, 0.25) is 0 Å². The van der Waals surface area contributed by atoms with E-state index in [0.717, 1.165) is 58.3 Å². The second-order valence-electron chi connectivity index (χ2n) is 10.9. The minimum atomic E-state index is -0.495. The lowest BCUT2D eigenvalue weighted by Crippen LogP contribution is -2.64. The van der Waals surface area contributed by atoms with Gasteiger partial charge in [-0.2, -0.15) is 0 Å². The van der Waals surface area contributed by atoms with Crippen LogP contribution in [0.4, 0.5) is 4.79 Å². The molecule has 4 heterocycles. The molecule has 0 radical (unpaired) electrons. The summed E-state index contributed by atoms with van der Waals surface area (Å²) < 4.78 is 17.9. The summed E-state index contributed by atoms with van der Waals surface area (Å²) in [7, 11) is 0. The Morgan fingerprint density at radius 1 is 1.23 bits per heavy atom. The van der Waals surface area contributed by atoms with E-state index in [1.54, 1.807) is 0 Å². The minimum Gasteiger partial charge on any atom is -0.444 e. The highest BCUT2D eigenvalue weighted by atomic mass is 16.6. The van der Waals surface area contributed by atoms with Gasteiger partial charge < -0.3 is 24.6 Å². The standard InChI is InChI=1S/C23H41N3O5/c1-21(2,3)31-20(28)26-18-6-8-23(26,15-24-13-18)17-29-10-5-11-30-19-12-22(16-27)7-4-9-25(22)14-19/h18-19,24,27H,4-17H2,1-3H3/t18?,19-,22-,23?/m1/s1. The van der Waals surface area contributed by atoms with Crippen molar-refractivity contribution < 1.29 is 24.1 Å². The van der Waals surface area contributed by atoms with E-state index in [-0.39, 0.29) is 35.9 Å². The molecule has 0 aliphatic carbocycles. The van der Waals surface area contributed by atoms with Gasteiger partial charge in [-0.15, -0.1) is 0 Å². The van der Waals surface area contributed by atoms with Crippen LogP contribution < -0.4 is 5.32 Å². The van der Waals surface area contributed by atoms with Gasteiger partial charge >= 0.3 is 6.09 Å². The molecule has 0 spiro atoms. The van der Waals surface area contributed by atoms with Crippen LogP contribution in [0.1, 0.15) is 59.3 Å². The zero-order chi connectivity index (χ0) is 22.1. The van der Waals surface area contributed by atoms with Crippen LogP contribution in [0.25, 0.3) is 0 Å². The molecule has 2 unspecified atom stereocenters. The fraction of sp³-hybridized carbons (Fsp3) is 0.957. The zero-order valence-corrected chi connectivity index (χ0v) is 19.5. The Balaban J connectivity index is 1.20. The van der Waals surface area contributed by atoms with Crippen LogP contribution in [0.2, 0.25) is 0 Å². The summed E-state index contributed by atoms with van der Waals surface area (Å²) >= 11 is 0. The van der Waals surface area contributed by atoms with E-state index in [9.17, 15) is 9.90 Å². The third-order valence-electron chi connectivity index (χ3n) is 7.47. The summed E-state index contributed by atoms with van der Waals surface area (Å²) in [6.07, 6.45) is 5.96. The molecule has 178 valence electrons. The number of hydrogen-bond donors (Lipinski definition) is 2. The molecule has 4 aliphatic rings. The second-order valence-corrected chi connectivity index (χ2v) is 10.9. The van der Waals surface area contributed by atoms with E-state index in [0.29, 0.717) is 19.8 Å². The molecule has 2 bridgehead atoms. The van der Waals surface area contributed by atoms with Crippen molar-refractivity contribution in [1.82, 2.24) is 15.1 Å². The van der Waals surface area contributed by atoms with Crippen LogP contribution in [0, 0.1) is 0 Å². The van der Waals surface area contributed by atoms with Crippen molar-refractivity contribution in [3.8, 4) is 0 Å². The number of rotatable bonds is 8. The average Bonchev–Trinajstić information content (AvgIpc) is 3.31. The Morgan fingerprint density at radius 2 is 2.06 bits per heavy atom. The highest BCUT2D eigenvalue weighted by Crippen LogP contribution is 2.40. The summed E-state index contributed by atoms with van der Waals surface area (Å²) in [4.78, 5) is 17.2. The fourth-order valence-electron chi connectivity index (χ4n) is 6.03. The average molecular weight is 440 g/mol. The van der Waals surface area contributed by atoms with Crippen LogP contribution in [-0.4, -0.2) is 102 Å². The fourth-order valence-corrected chi connectivity index (χ4v) is 6.03. The van der Waals surface area contributed by atoms with Gasteiger partial charge in [0, 0.05) is 44.4 Å². The number of hydrogen-bond acceptors (Lipinski definition) is 7. The summed E-state index contributed by atoms with van der Waals surface area (Å²) in [5.74, 6) is 0. The number of carbonyl (C=O) groups is 1. The van der Waals surface area contributed by atoms with Crippen LogP contribution >= 0.6 is 0 Å². The lowest BCUT2D eigenvalue weighted by molar-refractivity contribution is -0.0416. The number of fused-ring (bicyclic) bond motifs is 3. The van der Waals surface area contributed by atoms with Gasteiger partial charge in [0.05, 0.1) is 24.9 Å². The number of piperazine rings is 1. The highest BCUT2D eigenvalue weighted by molar-refractivity contribution is 5.70. The van der Waals surface area contributed by atoms with E-state index < -0.39 is 5.60 Å². The molecule has 0 aromatic rings. The SMILES string of the molecule is CC(C)(C)OC(=O)N1C2CCC1(COCCCO[C@H]1CN3CCC[C@]3(CO)C1)CNC2. The molecule has 2 N–H and O–H groups in total. The lowest BCUT2D eigenvalue weighted by Gasteiger charge is -2.45. The monoisotopic (exact) mass is 439 g/mol. The third kappa shape index (κ3) is 4.88. The minimum absolute atomic E-state index is 0.0293. The third-order valence-corrected chi connectivity index (χ3v) is 7.47. The van der Waals surface area contributed by atoms with Crippen molar-refractivity contribution in [3.63, 3.8) is 0 Å². The molecule has 4 aliphatic heterocycles. The van der Waals surface area contributed by atoms with Crippen molar-refractivity contribution in [2.24, 2.45) is 0 Å². The van der Waals surface area contributed by atoms with Gasteiger partial charge in [-0.05, 0) is 65.8 Å². The van der Waals surface area contributed by atoms with E-state index in [1.807, 2.05) is 25.7 Å². The summed E-state index contributed by atoms with van der Waals surface area (Å²) in [5.41, 5.74) is -0.834. The van der Waals surface area contributed by atoms with Crippen molar-refractivity contribution in [2.75, 3.05) is 52.6 Å². The molecule has 4 saturated heterocycles. The molecule has 4 atom stereocenters. The topological polar surface area (TPSA) is 83.5 Å². The first-order valence-electron chi connectivity index (χ1n) is 12.1. The van der Waals surface area contributed by atoms with Gasteiger partial charge in [0.1, 0.15) is 5.60 Å². The molecule has 4 rings (SSSR count). The van der Waals surface area contributed by atoms with Gasteiger partial charge in [0.15, 0.2) is 0 Å². The molecule has 8 nitrogen and oxygen atoms in total. The number of aliphatic hydroxyl groups is 1. The van der Waals surface area contributed by atoms with Crippen LogP contribution in [-0.2, 0) is 14.2 Å². The van der Waals surface area contributed by atoms with E-state index >= 15 is 0 Å². The molecular formula is C23H41N3O5. The lowest BCUT2D eigenvalue weighted by atomic mass is 9.94. The summed E-state index contributed by atoms with van der Waals surface area (Å²) in [6, 6.07) is 0.186. The number of amides is 1. The van der Waals surface area contributed by atoms with Crippen molar-refractivity contribution in [3.05, 3.63) is 0 Å². The van der Waals surface area contributed by atoms with Crippen molar-refractivity contribution in [2.45, 2.75) is 88.1 Å². The smallest absolute Gasteiger partial charge is 0.411 e. The number of aliphatic hydroxyl groups excluding tert-OH is 1. The van der Waals surface area contributed by atoms with Gasteiger partial charge in [-0.1, -0.05) is 0 Å². The molecule has 4 fully saturated rings. The van der Waals surface area contributed by atoms with E-state index in [1.165, 1.54) is 6.42 Å². The molecular weight excluding hydrogens is 398 g/mol. The first-order valence-corrected chi connectivity index (χ1v) is 12.1. The number of ether oxygens (including phenoxy) is 3. The normalized spacial score (nSPS) is 35.5. The molecule has 31 heavy (non-hydrogen) atoms. The summed E-state index contributed by atoms with van der Waals surface area (Å²) in [5, 5.41) is 13.3.